The molecule has 2 atom stereocenters. The number of amides is 2. The average Bonchev–Trinajstić information content (AvgIpc) is 3.01. The molecule has 5 heteroatoms. The maximum atomic E-state index is 13.5. The molecule has 2 amide bonds. The van der Waals surface area contributed by atoms with Crippen LogP contribution in [0.25, 0.3) is 0 Å². The van der Waals surface area contributed by atoms with Gasteiger partial charge in [0.25, 0.3) is 5.91 Å². The van der Waals surface area contributed by atoms with Crippen molar-refractivity contribution < 1.29 is 9.59 Å². The highest BCUT2D eigenvalue weighted by molar-refractivity contribution is 6.08. The lowest BCUT2D eigenvalue weighted by Crippen LogP contribution is -2.58. The van der Waals surface area contributed by atoms with Crippen LogP contribution in [0.15, 0.2) is 54.6 Å². The van der Waals surface area contributed by atoms with Gasteiger partial charge in [-0.25, -0.2) is 0 Å². The molecule has 2 aromatic rings. The number of para-hydroxylation sites is 1. The van der Waals surface area contributed by atoms with Crippen molar-refractivity contribution in [2.75, 3.05) is 24.5 Å². The van der Waals surface area contributed by atoms with Gasteiger partial charge in [-0.3, -0.25) is 19.4 Å². The number of rotatable bonds is 3. The van der Waals surface area contributed by atoms with Crippen molar-refractivity contribution in [3.8, 4) is 12.3 Å². The van der Waals surface area contributed by atoms with Gasteiger partial charge >= 0.3 is 0 Å². The maximum absolute atomic E-state index is 13.5. The number of carbonyl (C=O) groups excluding carboxylic acids is 2. The highest BCUT2D eigenvalue weighted by Crippen LogP contribution is 2.35. The van der Waals surface area contributed by atoms with Crippen LogP contribution in [0.3, 0.4) is 0 Å². The van der Waals surface area contributed by atoms with Crippen LogP contribution in [0.4, 0.5) is 5.69 Å². The normalized spacial score (nSPS) is 24.6. The zero-order valence-corrected chi connectivity index (χ0v) is 15.9. The fourth-order valence-corrected chi connectivity index (χ4v) is 4.33. The summed E-state index contributed by atoms with van der Waals surface area (Å²) in [5.74, 6) is 2.01. The van der Waals surface area contributed by atoms with E-state index in [2.05, 4.69) is 28.3 Å². The van der Waals surface area contributed by atoms with Crippen molar-refractivity contribution >= 4 is 17.5 Å². The molecule has 0 spiro atoms. The molecule has 5 nitrogen and oxygen atoms in total. The average molecular weight is 373 g/mol. The minimum Gasteiger partial charge on any atom is -0.345 e. The van der Waals surface area contributed by atoms with E-state index in [1.807, 2.05) is 31.2 Å². The van der Waals surface area contributed by atoms with Crippen LogP contribution in [0.5, 0.6) is 0 Å². The molecule has 0 saturated carbocycles. The highest BCUT2D eigenvalue weighted by Gasteiger charge is 2.50. The van der Waals surface area contributed by atoms with Crippen LogP contribution in [0.2, 0.25) is 0 Å². The fraction of sp³-hybridized carbons (Fsp3) is 0.304. The standard InChI is InChI=1S/C23H23N3O2/c1-3-13-26-20-12-8-7-11-18(20)21(27)24-23(2)16-25(15-19(23)22(26)28)14-17-9-5-4-6-10-17/h1,4-12,19H,13-16H2,2H3,(H,24,27)/t19-,23-/m0/s1. The first-order valence-electron chi connectivity index (χ1n) is 9.44. The van der Waals surface area contributed by atoms with E-state index in [4.69, 9.17) is 6.42 Å². The Bertz CT molecular complexity index is 950. The van der Waals surface area contributed by atoms with Crippen molar-refractivity contribution in [3.05, 3.63) is 65.7 Å². The van der Waals surface area contributed by atoms with E-state index in [1.54, 1.807) is 23.1 Å². The van der Waals surface area contributed by atoms with Crippen molar-refractivity contribution in [3.63, 3.8) is 0 Å². The minimum absolute atomic E-state index is 0.0385. The number of terminal acetylenes is 1. The fourth-order valence-electron chi connectivity index (χ4n) is 4.33. The van der Waals surface area contributed by atoms with E-state index in [0.29, 0.717) is 24.3 Å². The second-order valence-corrected chi connectivity index (χ2v) is 7.73. The smallest absolute Gasteiger partial charge is 0.253 e. The number of hydrogen-bond donors (Lipinski definition) is 1. The van der Waals surface area contributed by atoms with Crippen LogP contribution in [-0.2, 0) is 11.3 Å². The van der Waals surface area contributed by atoms with Crippen LogP contribution in [0.1, 0.15) is 22.8 Å². The third-order valence-corrected chi connectivity index (χ3v) is 5.66. The van der Waals surface area contributed by atoms with E-state index in [1.165, 1.54) is 5.56 Å². The molecule has 2 aliphatic rings. The Morgan fingerprint density at radius 2 is 1.86 bits per heavy atom. The maximum Gasteiger partial charge on any atom is 0.253 e. The summed E-state index contributed by atoms with van der Waals surface area (Å²) in [6.45, 7) is 4.02. The summed E-state index contributed by atoms with van der Waals surface area (Å²) in [6.07, 6.45) is 5.55. The van der Waals surface area contributed by atoms with Gasteiger partial charge in [-0.05, 0) is 24.6 Å². The molecule has 2 aliphatic heterocycles. The molecule has 142 valence electrons. The first-order valence-corrected chi connectivity index (χ1v) is 9.44. The van der Waals surface area contributed by atoms with E-state index < -0.39 is 5.54 Å². The Balaban J connectivity index is 1.69. The Morgan fingerprint density at radius 3 is 2.61 bits per heavy atom. The molecular weight excluding hydrogens is 350 g/mol. The van der Waals surface area contributed by atoms with Crippen LogP contribution in [0, 0.1) is 18.3 Å². The molecule has 0 aromatic heterocycles. The molecule has 0 unspecified atom stereocenters. The monoisotopic (exact) mass is 373 g/mol. The summed E-state index contributed by atoms with van der Waals surface area (Å²) in [5.41, 5.74) is 1.59. The third-order valence-electron chi connectivity index (χ3n) is 5.66. The number of benzene rings is 2. The Labute approximate surface area is 165 Å². The molecule has 1 saturated heterocycles. The lowest BCUT2D eigenvalue weighted by molar-refractivity contribution is -0.123. The second kappa shape index (κ2) is 7.14. The largest absolute Gasteiger partial charge is 0.345 e. The number of nitrogens with zero attached hydrogens (tertiary/aromatic N) is 2. The Hall–Kier alpha value is -3.10. The zero-order valence-electron chi connectivity index (χ0n) is 15.9. The van der Waals surface area contributed by atoms with Crippen LogP contribution in [-0.4, -0.2) is 41.9 Å². The minimum atomic E-state index is -0.649. The lowest BCUT2D eigenvalue weighted by atomic mass is 9.86. The lowest BCUT2D eigenvalue weighted by Gasteiger charge is -2.37. The number of nitrogens with one attached hydrogen (secondary N) is 1. The molecule has 1 fully saturated rings. The predicted molar refractivity (Wildman–Crippen MR) is 109 cm³/mol. The van der Waals surface area contributed by atoms with Crippen LogP contribution < -0.4 is 10.2 Å². The van der Waals surface area contributed by atoms with Crippen LogP contribution >= 0.6 is 0 Å². The molecule has 2 aromatic carbocycles. The molecule has 2 heterocycles. The van der Waals surface area contributed by atoms with Gasteiger partial charge in [0.1, 0.15) is 0 Å². The summed E-state index contributed by atoms with van der Waals surface area (Å²) < 4.78 is 0. The molecular formula is C23H23N3O2. The summed E-state index contributed by atoms with van der Waals surface area (Å²) in [5, 5.41) is 3.14. The van der Waals surface area contributed by atoms with Gasteiger partial charge in [0.15, 0.2) is 0 Å². The van der Waals surface area contributed by atoms with Gasteiger partial charge < -0.3 is 5.32 Å². The van der Waals surface area contributed by atoms with E-state index >= 15 is 0 Å². The topological polar surface area (TPSA) is 52.7 Å². The van der Waals surface area contributed by atoms with Gasteiger partial charge in [-0.2, -0.15) is 0 Å². The van der Waals surface area contributed by atoms with Crippen molar-refractivity contribution in [2.45, 2.75) is 19.0 Å². The molecule has 4 rings (SSSR count). The second-order valence-electron chi connectivity index (χ2n) is 7.73. The first-order chi connectivity index (χ1) is 13.5. The SMILES string of the molecule is C#CCN1C(=O)[C@@H]2CN(Cc3ccccc3)C[C@]2(C)NC(=O)c2ccccc21. The zero-order chi connectivity index (χ0) is 19.7. The number of anilines is 1. The third kappa shape index (κ3) is 3.17. The highest BCUT2D eigenvalue weighted by atomic mass is 16.2. The Morgan fingerprint density at radius 1 is 1.14 bits per heavy atom. The summed E-state index contributed by atoms with van der Waals surface area (Å²) in [6, 6.07) is 17.3. The first kappa shape index (κ1) is 18.3. The molecule has 1 N–H and O–H groups in total. The summed E-state index contributed by atoms with van der Waals surface area (Å²) in [4.78, 5) is 30.3. The number of likely N-dealkylation sites (tertiary alicyclic amines) is 1. The molecule has 0 bridgehead atoms. The van der Waals surface area contributed by atoms with E-state index in [-0.39, 0.29) is 24.3 Å². The van der Waals surface area contributed by atoms with E-state index in [0.717, 1.165) is 6.54 Å². The number of hydrogen-bond acceptors (Lipinski definition) is 3. The Kier molecular flexibility index (Phi) is 4.66. The van der Waals surface area contributed by atoms with Gasteiger partial charge in [-0.15, -0.1) is 6.42 Å². The van der Waals surface area contributed by atoms with Gasteiger partial charge in [0.05, 0.1) is 29.3 Å². The number of fused-ring (bicyclic) bond motifs is 2. The summed E-state index contributed by atoms with van der Waals surface area (Å²) >= 11 is 0. The number of carbonyl (C=O) groups is 2. The molecule has 28 heavy (non-hydrogen) atoms. The summed E-state index contributed by atoms with van der Waals surface area (Å²) in [7, 11) is 0. The quantitative estimate of drug-likeness (QED) is 0.840. The van der Waals surface area contributed by atoms with E-state index in [9.17, 15) is 9.59 Å². The van der Waals surface area contributed by atoms with Crippen molar-refractivity contribution in [1.29, 1.82) is 0 Å². The van der Waals surface area contributed by atoms with Crippen molar-refractivity contribution in [1.82, 2.24) is 10.2 Å². The van der Waals surface area contributed by atoms with Crippen molar-refractivity contribution in [2.24, 2.45) is 5.92 Å². The van der Waals surface area contributed by atoms with Gasteiger partial charge in [-0.1, -0.05) is 48.4 Å². The predicted octanol–water partition coefficient (Wildman–Crippen LogP) is 2.29. The molecule has 0 aliphatic carbocycles. The molecule has 0 radical (unpaired) electrons. The van der Waals surface area contributed by atoms with Gasteiger partial charge in [0.2, 0.25) is 5.91 Å². The van der Waals surface area contributed by atoms with Gasteiger partial charge in [0, 0.05) is 19.6 Å².